The summed E-state index contributed by atoms with van der Waals surface area (Å²) in [6.45, 7) is 9.15. The molecule has 0 spiro atoms. The zero-order valence-corrected chi connectivity index (χ0v) is 12.7. The molecule has 3 nitrogen and oxygen atoms in total. The second kappa shape index (κ2) is 5.14. The molecule has 19 heavy (non-hydrogen) atoms. The van der Waals surface area contributed by atoms with Crippen LogP contribution in [0.1, 0.15) is 31.9 Å². The summed E-state index contributed by atoms with van der Waals surface area (Å²) >= 11 is 0. The number of ether oxygens (including phenoxy) is 2. The van der Waals surface area contributed by atoms with E-state index in [9.17, 15) is 0 Å². The average Bonchev–Trinajstić information content (AvgIpc) is 2.32. The number of rotatable bonds is 4. The van der Waals surface area contributed by atoms with Gasteiger partial charge in [0, 0.05) is 12.1 Å². The highest BCUT2D eigenvalue weighted by atomic mass is 16.5. The molecule has 0 unspecified atom stereocenters. The maximum absolute atomic E-state index is 5.56. The van der Waals surface area contributed by atoms with E-state index in [-0.39, 0.29) is 10.8 Å². The Hall–Kier alpha value is -1.06. The van der Waals surface area contributed by atoms with Gasteiger partial charge in [0.05, 0.1) is 25.7 Å². The number of nitrogens with one attached hydrogen (secondary N) is 1. The highest BCUT2D eigenvalue weighted by Crippen LogP contribution is 2.39. The van der Waals surface area contributed by atoms with Crippen LogP contribution in [0.15, 0.2) is 18.2 Å². The highest BCUT2D eigenvalue weighted by Gasteiger charge is 2.42. The van der Waals surface area contributed by atoms with Gasteiger partial charge in [-0.05, 0) is 24.1 Å². The van der Waals surface area contributed by atoms with E-state index >= 15 is 0 Å². The molecule has 1 saturated heterocycles. The smallest absolute Gasteiger partial charge is 0.122 e. The fourth-order valence-corrected chi connectivity index (χ4v) is 2.63. The molecule has 1 aromatic rings. The Morgan fingerprint density at radius 2 is 2.00 bits per heavy atom. The van der Waals surface area contributed by atoms with Gasteiger partial charge in [-0.15, -0.1) is 0 Å². The SMILES string of the molecule is CNCC1(c2cc(C(C)(C)C)ccc2OC)COC1. The third-order valence-corrected chi connectivity index (χ3v) is 3.91. The molecule has 1 aromatic carbocycles. The summed E-state index contributed by atoms with van der Waals surface area (Å²) in [5, 5.41) is 3.28. The van der Waals surface area contributed by atoms with Crippen molar-refractivity contribution in [3.05, 3.63) is 29.3 Å². The average molecular weight is 263 g/mol. The zero-order chi connectivity index (χ0) is 14.1. The van der Waals surface area contributed by atoms with Crippen LogP contribution in [-0.2, 0) is 15.6 Å². The number of methoxy groups -OCH3 is 1. The van der Waals surface area contributed by atoms with Gasteiger partial charge in [-0.2, -0.15) is 0 Å². The van der Waals surface area contributed by atoms with E-state index in [1.165, 1.54) is 11.1 Å². The molecule has 0 atom stereocenters. The van der Waals surface area contributed by atoms with Gasteiger partial charge >= 0.3 is 0 Å². The molecule has 1 fully saturated rings. The highest BCUT2D eigenvalue weighted by molar-refractivity contribution is 5.46. The number of hydrogen-bond acceptors (Lipinski definition) is 3. The molecular formula is C16H25NO2. The lowest BCUT2D eigenvalue weighted by Gasteiger charge is -2.43. The minimum Gasteiger partial charge on any atom is -0.496 e. The zero-order valence-electron chi connectivity index (χ0n) is 12.7. The summed E-state index contributed by atoms with van der Waals surface area (Å²) in [6, 6.07) is 6.54. The Bertz CT molecular complexity index is 445. The molecule has 0 aromatic heterocycles. The van der Waals surface area contributed by atoms with Crippen molar-refractivity contribution in [1.29, 1.82) is 0 Å². The van der Waals surface area contributed by atoms with Crippen LogP contribution in [0.2, 0.25) is 0 Å². The van der Waals surface area contributed by atoms with Crippen molar-refractivity contribution in [1.82, 2.24) is 5.32 Å². The molecule has 0 radical (unpaired) electrons. The fourth-order valence-electron chi connectivity index (χ4n) is 2.63. The standard InChI is InChI=1S/C16H25NO2/c1-15(2,3)12-6-7-14(18-5)13(8-12)16(9-17-4)10-19-11-16/h6-8,17H,9-11H2,1-5H3. The summed E-state index contributed by atoms with van der Waals surface area (Å²) < 4.78 is 11.0. The van der Waals surface area contributed by atoms with Crippen molar-refractivity contribution in [2.45, 2.75) is 31.6 Å². The third kappa shape index (κ3) is 2.63. The molecule has 0 aliphatic carbocycles. The number of benzene rings is 1. The van der Waals surface area contributed by atoms with E-state index in [0.717, 1.165) is 25.5 Å². The molecule has 106 valence electrons. The molecular weight excluding hydrogens is 238 g/mol. The number of likely N-dealkylation sites (N-methyl/N-ethyl adjacent to an activating group) is 1. The summed E-state index contributed by atoms with van der Waals surface area (Å²) in [7, 11) is 3.72. The van der Waals surface area contributed by atoms with E-state index in [0.29, 0.717) is 0 Å². The first-order valence-electron chi connectivity index (χ1n) is 6.84. The summed E-state index contributed by atoms with van der Waals surface area (Å²) in [5.74, 6) is 0.964. The van der Waals surface area contributed by atoms with Crippen LogP contribution >= 0.6 is 0 Å². The van der Waals surface area contributed by atoms with Crippen LogP contribution in [0, 0.1) is 0 Å². The summed E-state index contributed by atoms with van der Waals surface area (Å²) in [5.41, 5.74) is 2.81. The van der Waals surface area contributed by atoms with Crippen molar-refractivity contribution >= 4 is 0 Å². The molecule has 3 heteroatoms. The van der Waals surface area contributed by atoms with Crippen LogP contribution in [0.4, 0.5) is 0 Å². The van der Waals surface area contributed by atoms with E-state index in [4.69, 9.17) is 9.47 Å². The first-order valence-corrected chi connectivity index (χ1v) is 6.84. The van der Waals surface area contributed by atoms with E-state index in [1.807, 2.05) is 7.05 Å². The lowest BCUT2D eigenvalue weighted by atomic mass is 9.75. The van der Waals surface area contributed by atoms with Gasteiger partial charge in [0.25, 0.3) is 0 Å². The summed E-state index contributed by atoms with van der Waals surface area (Å²) in [4.78, 5) is 0. The molecule has 1 aliphatic rings. The molecule has 2 rings (SSSR count). The first kappa shape index (κ1) is 14.4. The largest absolute Gasteiger partial charge is 0.496 e. The number of hydrogen-bond donors (Lipinski definition) is 1. The second-order valence-corrected chi connectivity index (χ2v) is 6.47. The quantitative estimate of drug-likeness (QED) is 0.905. The Morgan fingerprint density at radius 3 is 2.42 bits per heavy atom. The molecule has 1 heterocycles. The molecule has 1 aliphatic heterocycles. The minimum absolute atomic E-state index is 0.0569. The Balaban J connectivity index is 2.47. The van der Waals surface area contributed by atoms with Crippen LogP contribution in [-0.4, -0.2) is 33.9 Å². The van der Waals surface area contributed by atoms with Gasteiger partial charge in [-0.25, -0.2) is 0 Å². The second-order valence-electron chi connectivity index (χ2n) is 6.47. The van der Waals surface area contributed by atoms with Crippen molar-refractivity contribution in [3.8, 4) is 5.75 Å². The maximum Gasteiger partial charge on any atom is 0.122 e. The topological polar surface area (TPSA) is 30.5 Å². The Morgan fingerprint density at radius 1 is 1.32 bits per heavy atom. The normalized spacial score (nSPS) is 17.9. The molecule has 1 N–H and O–H groups in total. The van der Waals surface area contributed by atoms with Crippen LogP contribution in [0.3, 0.4) is 0 Å². The van der Waals surface area contributed by atoms with E-state index in [2.05, 4.69) is 44.3 Å². The van der Waals surface area contributed by atoms with E-state index < -0.39 is 0 Å². The predicted octanol–water partition coefficient (Wildman–Crippen LogP) is 2.48. The lowest BCUT2D eigenvalue weighted by Crippen LogP contribution is -2.53. The van der Waals surface area contributed by atoms with Crippen molar-refractivity contribution < 1.29 is 9.47 Å². The van der Waals surface area contributed by atoms with E-state index in [1.54, 1.807) is 7.11 Å². The first-order chi connectivity index (χ1) is 8.93. The fraction of sp³-hybridized carbons (Fsp3) is 0.625. The van der Waals surface area contributed by atoms with Gasteiger partial charge in [-0.3, -0.25) is 0 Å². The third-order valence-electron chi connectivity index (χ3n) is 3.91. The van der Waals surface area contributed by atoms with Crippen LogP contribution in [0.25, 0.3) is 0 Å². The van der Waals surface area contributed by atoms with Crippen molar-refractivity contribution in [2.75, 3.05) is 33.9 Å². The maximum atomic E-state index is 5.56. The Kier molecular flexibility index (Phi) is 3.88. The minimum atomic E-state index is 0.0569. The molecule has 0 amide bonds. The van der Waals surface area contributed by atoms with Gasteiger partial charge < -0.3 is 14.8 Å². The van der Waals surface area contributed by atoms with Crippen LogP contribution in [0.5, 0.6) is 5.75 Å². The van der Waals surface area contributed by atoms with Gasteiger partial charge in [0.2, 0.25) is 0 Å². The predicted molar refractivity (Wildman–Crippen MR) is 78.1 cm³/mol. The van der Waals surface area contributed by atoms with Gasteiger partial charge in [0.1, 0.15) is 5.75 Å². The molecule has 0 saturated carbocycles. The van der Waals surface area contributed by atoms with Crippen LogP contribution < -0.4 is 10.1 Å². The molecule has 0 bridgehead atoms. The summed E-state index contributed by atoms with van der Waals surface area (Å²) in [6.07, 6.45) is 0. The lowest BCUT2D eigenvalue weighted by molar-refractivity contribution is -0.0592. The monoisotopic (exact) mass is 263 g/mol. The van der Waals surface area contributed by atoms with Crippen molar-refractivity contribution in [2.24, 2.45) is 0 Å². The van der Waals surface area contributed by atoms with Crippen molar-refractivity contribution in [3.63, 3.8) is 0 Å². The van der Waals surface area contributed by atoms with Gasteiger partial charge in [0.15, 0.2) is 0 Å². The Labute approximate surface area is 116 Å². The van der Waals surface area contributed by atoms with Gasteiger partial charge in [-0.1, -0.05) is 32.9 Å².